The van der Waals surface area contributed by atoms with Crippen molar-refractivity contribution in [3.63, 3.8) is 0 Å². The van der Waals surface area contributed by atoms with Crippen LogP contribution in [-0.2, 0) is 4.79 Å². The number of amides is 1. The van der Waals surface area contributed by atoms with E-state index >= 15 is 0 Å². The average molecular weight is 309 g/mol. The first-order chi connectivity index (χ1) is 9.91. The summed E-state index contributed by atoms with van der Waals surface area (Å²) in [5.41, 5.74) is 0. The summed E-state index contributed by atoms with van der Waals surface area (Å²) >= 11 is 1.81. The van der Waals surface area contributed by atoms with Gasteiger partial charge in [0.05, 0.1) is 6.54 Å². The highest BCUT2D eigenvalue weighted by Crippen LogP contribution is 2.22. The van der Waals surface area contributed by atoms with Crippen molar-refractivity contribution < 1.29 is 4.79 Å². The van der Waals surface area contributed by atoms with Crippen molar-refractivity contribution in [3.8, 4) is 0 Å². The fourth-order valence-corrected chi connectivity index (χ4v) is 2.16. The molecular formula is C14H23N5OS. The van der Waals surface area contributed by atoms with Gasteiger partial charge in [-0.05, 0) is 20.1 Å². The van der Waals surface area contributed by atoms with Gasteiger partial charge >= 0.3 is 0 Å². The van der Waals surface area contributed by atoms with Gasteiger partial charge in [0.2, 0.25) is 5.91 Å². The van der Waals surface area contributed by atoms with Crippen LogP contribution in [0.1, 0.15) is 13.8 Å². The van der Waals surface area contributed by atoms with E-state index < -0.39 is 0 Å². The summed E-state index contributed by atoms with van der Waals surface area (Å²) < 4.78 is 0.148. The maximum Gasteiger partial charge on any atom is 0.241 e. The number of anilines is 2. The van der Waals surface area contributed by atoms with E-state index in [1.807, 2.05) is 29.8 Å². The summed E-state index contributed by atoms with van der Waals surface area (Å²) in [6, 6.07) is 1.91. The number of hydrogen-bond acceptors (Lipinski definition) is 6. The van der Waals surface area contributed by atoms with Crippen molar-refractivity contribution in [1.82, 2.24) is 14.9 Å². The third-order valence-electron chi connectivity index (χ3n) is 3.68. The molecule has 7 heteroatoms. The second-order valence-corrected chi connectivity index (χ2v) is 7.33. The Labute approximate surface area is 130 Å². The minimum atomic E-state index is 0.123. The molecule has 1 amide bonds. The van der Waals surface area contributed by atoms with Crippen LogP contribution >= 0.6 is 11.8 Å². The number of nitrogens with zero attached hydrogens (tertiary/aromatic N) is 4. The first-order valence-corrected chi connectivity index (χ1v) is 8.24. The molecule has 0 spiro atoms. The molecule has 1 aromatic rings. The predicted octanol–water partition coefficient (Wildman–Crippen LogP) is 1.31. The largest absolute Gasteiger partial charge is 0.369 e. The highest BCUT2D eigenvalue weighted by Gasteiger charge is 2.22. The monoisotopic (exact) mass is 309 g/mol. The second-order valence-electron chi connectivity index (χ2n) is 5.82. The van der Waals surface area contributed by atoms with Crippen LogP contribution in [0.4, 0.5) is 11.6 Å². The third-order valence-corrected chi connectivity index (χ3v) is 4.93. The maximum absolute atomic E-state index is 11.8. The molecule has 0 atom stereocenters. The molecule has 0 aliphatic carbocycles. The minimum Gasteiger partial charge on any atom is -0.369 e. The molecule has 0 saturated carbocycles. The number of carbonyl (C=O) groups is 1. The van der Waals surface area contributed by atoms with Crippen LogP contribution in [0.3, 0.4) is 0 Å². The van der Waals surface area contributed by atoms with Crippen LogP contribution in [0.25, 0.3) is 0 Å². The number of carbonyl (C=O) groups excluding carboxylic acids is 1. The second kappa shape index (κ2) is 6.51. The van der Waals surface area contributed by atoms with E-state index in [0.29, 0.717) is 6.54 Å². The number of thioether (sulfide) groups is 1. The molecule has 1 N–H and O–H groups in total. The molecule has 0 radical (unpaired) electrons. The van der Waals surface area contributed by atoms with Crippen molar-refractivity contribution in [1.29, 1.82) is 0 Å². The lowest BCUT2D eigenvalue weighted by Crippen LogP contribution is -2.48. The van der Waals surface area contributed by atoms with Crippen molar-refractivity contribution in [2.24, 2.45) is 0 Å². The number of aromatic nitrogens is 2. The highest BCUT2D eigenvalue weighted by molar-refractivity contribution is 7.99. The first-order valence-electron chi connectivity index (χ1n) is 7.01. The zero-order valence-corrected chi connectivity index (χ0v) is 13.9. The Bertz CT molecular complexity index is 508. The minimum absolute atomic E-state index is 0.123. The Morgan fingerprint density at radius 3 is 2.81 bits per heavy atom. The molecule has 116 valence electrons. The maximum atomic E-state index is 11.8. The molecule has 2 rings (SSSR count). The van der Waals surface area contributed by atoms with Gasteiger partial charge in [-0.2, -0.15) is 11.8 Å². The van der Waals surface area contributed by atoms with Crippen LogP contribution in [0.15, 0.2) is 12.4 Å². The molecule has 21 heavy (non-hydrogen) atoms. The van der Waals surface area contributed by atoms with Crippen LogP contribution in [0.2, 0.25) is 0 Å². The quantitative estimate of drug-likeness (QED) is 0.885. The van der Waals surface area contributed by atoms with Crippen molar-refractivity contribution in [2.75, 3.05) is 49.7 Å². The summed E-state index contributed by atoms with van der Waals surface area (Å²) in [5.74, 6) is 1.72. The van der Waals surface area contributed by atoms with Crippen LogP contribution in [0, 0.1) is 0 Å². The van der Waals surface area contributed by atoms with E-state index in [1.165, 1.54) is 0 Å². The van der Waals surface area contributed by atoms with E-state index in [4.69, 9.17) is 0 Å². The van der Waals surface area contributed by atoms with E-state index in [0.717, 1.165) is 31.3 Å². The molecule has 1 fully saturated rings. The summed E-state index contributed by atoms with van der Waals surface area (Å²) in [4.78, 5) is 24.1. The van der Waals surface area contributed by atoms with Gasteiger partial charge in [0, 0.05) is 37.5 Å². The molecule has 1 saturated heterocycles. The Hall–Kier alpha value is -1.50. The number of hydrogen-bond donors (Lipinski definition) is 1. The van der Waals surface area contributed by atoms with E-state index in [9.17, 15) is 4.79 Å². The molecule has 2 heterocycles. The third kappa shape index (κ3) is 4.23. The SMILES string of the molecule is CSC(C)(C)CNc1cc(N2CCN(C)C(=O)C2)ncn1. The lowest BCUT2D eigenvalue weighted by Gasteiger charge is -2.32. The number of piperazine rings is 1. The van der Waals surface area contributed by atoms with Gasteiger partial charge in [0.15, 0.2) is 0 Å². The Kier molecular flexibility index (Phi) is 4.92. The average Bonchev–Trinajstić information content (AvgIpc) is 2.48. The lowest BCUT2D eigenvalue weighted by atomic mass is 10.2. The van der Waals surface area contributed by atoms with E-state index in [2.05, 4.69) is 35.4 Å². The zero-order chi connectivity index (χ0) is 15.5. The fourth-order valence-electron chi connectivity index (χ4n) is 1.95. The molecule has 0 unspecified atom stereocenters. The summed E-state index contributed by atoms with van der Waals surface area (Å²) in [6.45, 7) is 7.10. The normalized spacial score (nSPS) is 16.3. The van der Waals surface area contributed by atoms with Gasteiger partial charge in [-0.1, -0.05) is 0 Å². The number of rotatable bonds is 5. The van der Waals surface area contributed by atoms with Gasteiger partial charge in [-0.15, -0.1) is 0 Å². The standard InChI is InChI=1S/C14H23N5OS/c1-14(2,21-4)9-15-11-7-12(17-10-16-11)19-6-5-18(3)13(20)8-19/h7,10H,5-6,8-9H2,1-4H3,(H,15,16,17). The first kappa shape index (κ1) is 15.9. The van der Waals surface area contributed by atoms with Crippen LogP contribution in [0.5, 0.6) is 0 Å². The van der Waals surface area contributed by atoms with Gasteiger partial charge in [0.25, 0.3) is 0 Å². The van der Waals surface area contributed by atoms with Gasteiger partial charge in [-0.25, -0.2) is 9.97 Å². The predicted molar refractivity (Wildman–Crippen MR) is 88.0 cm³/mol. The number of likely N-dealkylation sites (N-methyl/N-ethyl adjacent to an activating group) is 1. The van der Waals surface area contributed by atoms with E-state index in [-0.39, 0.29) is 10.7 Å². The molecule has 0 aromatic carbocycles. The Morgan fingerprint density at radius 1 is 1.38 bits per heavy atom. The molecule has 0 bridgehead atoms. The summed E-state index contributed by atoms with van der Waals surface area (Å²) in [6.07, 6.45) is 3.65. The van der Waals surface area contributed by atoms with Gasteiger partial charge in [0.1, 0.15) is 18.0 Å². The molecule has 1 aromatic heterocycles. The van der Waals surface area contributed by atoms with Gasteiger partial charge < -0.3 is 15.1 Å². The van der Waals surface area contributed by atoms with Crippen molar-refractivity contribution in [2.45, 2.75) is 18.6 Å². The van der Waals surface area contributed by atoms with Gasteiger partial charge in [-0.3, -0.25) is 4.79 Å². The van der Waals surface area contributed by atoms with Crippen LogP contribution in [-0.4, -0.2) is 65.0 Å². The topological polar surface area (TPSA) is 61.4 Å². The number of nitrogens with one attached hydrogen (secondary N) is 1. The Balaban J connectivity index is 2.02. The molecule has 6 nitrogen and oxygen atoms in total. The van der Waals surface area contributed by atoms with E-state index in [1.54, 1.807) is 11.2 Å². The van der Waals surface area contributed by atoms with Crippen molar-refractivity contribution >= 4 is 29.3 Å². The van der Waals surface area contributed by atoms with Crippen LogP contribution < -0.4 is 10.2 Å². The van der Waals surface area contributed by atoms with Crippen molar-refractivity contribution in [3.05, 3.63) is 12.4 Å². The fraction of sp³-hybridized carbons (Fsp3) is 0.643. The molecule has 1 aliphatic heterocycles. The summed E-state index contributed by atoms with van der Waals surface area (Å²) in [5, 5.41) is 3.34. The highest BCUT2D eigenvalue weighted by atomic mass is 32.2. The smallest absolute Gasteiger partial charge is 0.241 e. The Morgan fingerprint density at radius 2 is 2.14 bits per heavy atom. The summed E-state index contributed by atoms with van der Waals surface area (Å²) in [7, 11) is 1.83. The molecule has 1 aliphatic rings. The lowest BCUT2D eigenvalue weighted by molar-refractivity contribution is -0.129. The zero-order valence-electron chi connectivity index (χ0n) is 13.1. The molecular weight excluding hydrogens is 286 g/mol.